The molecule has 3 heteroatoms. The van der Waals surface area contributed by atoms with E-state index in [0.29, 0.717) is 18.1 Å². The minimum Gasteiger partial charge on any atom is -0.427 e. The molecule has 116 valence electrons. The van der Waals surface area contributed by atoms with E-state index in [1.807, 2.05) is 24.3 Å². The highest BCUT2D eigenvalue weighted by molar-refractivity contribution is 7.15. The molecule has 0 heterocycles. The quantitative estimate of drug-likeness (QED) is 0.288. The number of allylic oxidation sites excluding steroid dienone is 2. The lowest BCUT2D eigenvalue weighted by atomic mass is 9.99. The molecule has 0 aromatic heterocycles. The van der Waals surface area contributed by atoms with Crippen LogP contribution in [0.5, 0.6) is 5.75 Å². The van der Waals surface area contributed by atoms with Crippen molar-refractivity contribution in [2.45, 2.75) is 52.6 Å². The summed E-state index contributed by atoms with van der Waals surface area (Å²) in [6.07, 6.45) is 6.76. The van der Waals surface area contributed by atoms with Crippen LogP contribution in [0.4, 0.5) is 0 Å². The maximum absolute atomic E-state index is 11.8. The first kappa shape index (κ1) is 17.9. The molecule has 2 nitrogen and oxygen atoms in total. The lowest BCUT2D eigenvalue weighted by Crippen LogP contribution is -2.09. The van der Waals surface area contributed by atoms with E-state index in [-0.39, 0.29) is 5.97 Å². The van der Waals surface area contributed by atoms with Crippen molar-refractivity contribution in [2.24, 2.45) is 5.92 Å². The summed E-state index contributed by atoms with van der Waals surface area (Å²) in [5.74, 6) is 1.05. The van der Waals surface area contributed by atoms with Crippen LogP contribution in [-0.4, -0.2) is 5.97 Å². The Kier molecular flexibility index (Phi) is 8.30. The van der Waals surface area contributed by atoms with Crippen molar-refractivity contribution < 1.29 is 9.53 Å². The van der Waals surface area contributed by atoms with Gasteiger partial charge in [-0.3, -0.25) is 4.79 Å². The predicted octanol–water partition coefficient (Wildman–Crippen LogP) is 5.13. The smallest absolute Gasteiger partial charge is 0.311 e. The number of ether oxygens (including phenoxy) is 1. The first-order valence-corrected chi connectivity index (χ1v) is 8.46. The molecule has 2 unspecified atom stereocenters. The first-order valence-electron chi connectivity index (χ1n) is 7.64. The number of hydrogen-bond acceptors (Lipinski definition) is 2. The van der Waals surface area contributed by atoms with E-state index in [1.165, 1.54) is 11.1 Å². The Morgan fingerprint density at radius 1 is 1.24 bits per heavy atom. The molecule has 0 bridgehead atoms. The molecule has 2 atom stereocenters. The maximum atomic E-state index is 11.8. The number of rotatable bonds is 8. The zero-order valence-corrected chi connectivity index (χ0v) is 14.5. The van der Waals surface area contributed by atoms with Gasteiger partial charge in [0, 0.05) is 6.42 Å². The fraction of sp³-hybridized carbons (Fsp3) is 0.500. The van der Waals surface area contributed by atoms with Crippen LogP contribution in [0.1, 0.15) is 52.0 Å². The van der Waals surface area contributed by atoms with Crippen LogP contribution in [0.25, 0.3) is 0 Å². The monoisotopic (exact) mass is 306 g/mol. The number of carbonyl (C=O) groups is 1. The Bertz CT molecular complexity index is 459. The van der Waals surface area contributed by atoms with Crippen molar-refractivity contribution >= 4 is 15.2 Å². The van der Waals surface area contributed by atoms with Crippen LogP contribution < -0.4 is 4.74 Å². The minimum atomic E-state index is -0.136. The summed E-state index contributed by atoms with van der Waals surface area (Å²) in [5, 5.41) is 0. The molecule has 1 aromatic carbocycles. The van der Waals surface area contributed by atoms with Crippen LogP contribution in [-0.2, 0) is 11.0 Å². The van der Waals surface area contributed by atoms with Gasteiger partial charge in [-0.05, 0) is 62.9 Å². The van der Waals surface area contributed by atoms with Gasteiger partial charge >= 0.3 is 5.97 Å². The first-order chi connectivity index (χ1) is 10.0. The molecule has 0 amide bonds. The molecule has 1 rings (SSSR count). The summed E-state index contributed by atoms with van der Waals surface area (Å²) >= 11 is 0. The van der Waals surface area contributed by atoms with Gasteiger partial charge in [-0.25, -0.2) is 0 Å². The van der Waals surface area contributed by atoms with Gasteiger partial charge in [-0.2, -0.15) is 0 Å². The SMILES string of the molecule is CC(C)=CCCC(C)CCC(=O)Oc1ccc(CP)cc1. The third kappa shape index (κ3) is 8.02. The molecule has 0 radical (unpaired) electrons. The molecule has 0 fully saturated rings. The van der Waals surface area contributed by atoms with E-state index in [2.05, 4.69) is 36.1 Å². The maximum Gasteiger partial charge on any atom is 0.311 e. The van der Waals surface area contributed by atoms with Crippen molar-refractivity contribution in [3.63, 3.8) is 0 Å². The molecule has 0 aliphatic rings. The normalized spacial score (nSPS) is 11.8. The third-order valence-electron chi connectivity index (χ3n) is 3.44. The number of carbonyl (C=O) groups excluding carboxylic acids is 1. The highest BCUT2D eigenvalue weighted by atomic mass is 31.0. The van der Waals surface area contributed by atoms with Gasteiger partial charge in [0.05, 0.1) is 0 Å². The highest BCUT2D eigenvalue weighted by Crippen LogP contribution is 2.17. The van der Waals surface area contributed by atoms with Gasteiger partial charge in [0.2, 0.25) is 0 Å². The standard InChI is InChI=1S/C18H27O2P/c1-14(2)5-4-6-15(3)7-12-18(19)20-17-10-8-16(13-21)9-11-17/h5,8-11,15H,4,6-7,12-13,21H2,1-3H3. The van der Waals surface area contributed by atoms with Crippen LogP contribution in [0, 0.1) is 5.92 Å². The van der Waals surface area contributed by atoms with E-state index in [9.17, 15) is 4.79 Å². The molecule has 0 N–H and O–H groups in total. The predicted molar refractivity (Wildman–Crippen MR) is 92.6 cm³/mol. The topological polar surface area (TPSA) is 26.3 Å². The molecule has 0 aliphatic heterocycles. The Balaban J connectivity index is 2.28. The molecule has 1 aromatic rings. The summed E-state index contributed by atoms with van der Waals surface area (Å²) in [6.45, 7) is 6.43. The van der Waals surface area contributed by atoms with E-state index < -0.39 is 0 Å². The lowest BCUT2D eigenvalue weighted by Gasteiger charge is -2.10. The van der Waals surface area contributed by atoms with Crippen LogP contribution in [0.3, 0.4) is 0 Å². The zero-order valence-electron chi connectivity index (χ0n) is 13.4. The molecule has 0 aliphatic carbocycles. The van der Waals surface area contributed by atoms with Crippen molar-refractivity contribution in [1.82, 2.24) is 0 Å². The average Bonchev–Trinajstić information content (AvgIpc) is 2.45. The molecule has 21 heavy (non-hydrogen) atoms. The number of esters is 1. The van der Waals surface area contributed by atoms with Gasteiger partial charge < -0.3 is 4.74 Å². The Morgan fingerprint density at radius 3 is 2.48 bits per heavy atom. The second-order valence-electron chi connectivity index (χ2n) is 5.82. The van der Waals surface area contributed by atoms with Gasteiger partial charge in [-0.15, -0.1) is 9.24 Å². The fourth-order valence-electron chi connectivity index (χ4n) is 2.04. The molecule has 0 saturated carbocycles. The van der Waals surface area contributed by atoms with E-state index in [4.69, 9.17) is 4.74 Å². The van der Waals surface area contributed by atoms with Gasteiger partial charge in [0.15, 0.2) is 0 Å². The molecular formula is C18H27O2P. The Labute approximate surface area is 131 Å². The molecular weight excluding hydrogens is 279 g/mol. The van der Waals surface area contributed by atoms with Crippen LogP contribution >= 0.6 is 9.24 Å². The minimum absolute atomic E-state index is 0.136. The van der Waals surface area contributed by atoms with Crippen molar-refractivity contribution in [3.8, 4) is 5.75 Å². The molecule has 0 spiro atoms. The lowest BCUT2D eigenvalue weighted by molar-refractivity contribution is -0.134. The second kappa shape index (κ2) is 9.73. The van der Waals surface area contributed by atoms with Crippen molar-refractivity contribution in [3.05, 3.63) is 41.5 Å². The van der Waals surface area contributed by atoms with Gasteiger partial charge in [0.25, 0.3) is 0 Å². The fourth-order valence-corrected chi connectivity index (χ4v) is 2.31. The Morgan fingerprint density at radius 2 is 1.90 bits per heavy atom. The number of hydrogen-bond donors (Lipinski definition) is 0. The summed E-state index contributed by atoms with van der Waals surface area (Å²) in [6, 6.07) is 7.68. The molecule has 0 saturated heterocycles. The summed E-state index contributed by atoms with van der Waals surface area (Å²) in [5.41, 5.74) is 2.57. The summed E-state index contributed by atoms with van der Waals surface area (Å²) < 4.78 is 5.35. The number of benzene rings is 1. The van der Waals surface area contributed by atoms with Crippen LogP contribution in [0.15, 0.2) is 35.9 Å². The second-order valence-corrected chi connectivity index (χ2v) is 6.23. The van der Waals surface area contributed by atoms with E-state index in [1.54, 1.807) is 0 Å². The average molecular weight is 306 g/mol. The van der Waals surface area contributed by atoms with Crippen molar-refractivity contribution in [1.29, 1.82) is 0 Å². The zero-order chi connectivity index (χ0) is 15.7. The van der Waals surface area contributed by atoms with Crippen molar-refractivity contribution in [2.75, 3.05) is 0 Å². The van der Waals surface area contributed by atoms with Gasteiger partial charge in [0.1, 0.15) is 5.75 Å². The Hall–Kier alpha value is -1.14. The highest BCUT2D eigenvalue weighted by Gasteiger charge is 2.08. The summed E-state index contributed by atoms with van der Waals surface area (Å²) in [7, 11) is 2.68. The van der Waals surface area contributed by atoms with Crippen LogP contribution in [0.2, 0.25) is 0 Å². The van der Waals surface area contributed by atoms with E-state index >= 15 is 0 Å². The van der Waals surface area contributed by atoms with Gasteiger partial charge in [-0.1, -0.05) is 30.7 Å². The largest absolute Gasteiger partial charge is 0.427 e. The third-order valence-corrected chi connectivity index (χ3v) is 3.92. The summed E-state index contributed by atoms with van der Waals surface area (Å²) in [4.78, 5) is 11.8. The van der Waals surface area contributed by atoms with E-state index in [0.717, 1.165) is 25.4 Å².